The topological polar surface area (TPSA) is 81.7 Å². The number of aromatic amines is 1. The second-order valence-corrected chi connectivity index (χ2v) is 7.34. The van der Waals surface area contributed by atoms with Crippen LogP contribution in [0.5, 0.6) is 5.75 Å². The molecule has 0 bridgehead atoms. The highest BCUT2D eigenvalue weighted by molar-refractivity contribution is 5.93. The summed E-state index contributed by atoms with van der Waals surface area (Å²) in [4.78, 5) is 16.9. The van der Waals surface area contributed by atoms with Crippen LogP contribution in [0.3, 0.4) is 0 Å². The number of carbonyl (C=O) groups excluding carboxylic acids is 1. The van der Waals surface area contributed by atoms with E-state index in [0.717, 1.165) is 24.4 Å². The maximum atomic E-state index is 12.9. The van der Waals surface area contributed by atoms with Gasteiger partial charge in [-0.15, -0.1) is 0 Å². The molecule has 0 saturated carbocycles. The molecule has 2 N–H and O–H groups in total. The number of hydrogen-bond donors (Lipinski definition) is 2. The van der Waals surface area contributed by atoms with Crippen LogP contribution in [0.1, 0.15) is 29.8 Å². The minimum absolute atomic E-state index is 0.0371. The van der Waals surface area contributed by atoms with Gasteiger partial charge in [0.05, 0.1) is 24.9 Å². The Morgan fingerprint density at radius 3 is 2.81 bits per heavy atom. The van der Waals surface area contributed by atoms with Gasteiger partial charge in [0.1, 0.15) is 11.4 Å². The van der Waals surface area contributed by atoms with E-state index < -0.39 is 6.10 Å². The van der Waals surface area contributed by atoms with Crippen LogP contribution in [0.15, 0.2) is 30.3 Å². The number of hydrogen-bond acceptors (Lipinski definition) is 5. The Hall–Kier alpha value is -2.38. The van der Waals surface area contributed by atoms with E-state index >= 15 is 0 Å². The lowest BCUT2D eigenvalue weighted by atomic mass is 10.1. The average molecular weight is 370 g/mol. The number of aromatic nitrogens is 2. The number of carbonyl (C=O) groups is 1. The fourth-order valence-electron chi connectivity index (χ4n) is 4.08. The Bertz CT molecular complexity index is 800. The molecule has 2 aromatic rings. The highest BCUT2D eigenvalue weighted by Gasteiger charge is 2.38. The van der Waals surface area contributed by atoms with E-state index in [2.05, 4.69) is 15.1 Å². The number of ether oxygens (including phenoxy) is 1. The van der Waals surface area contributed by atoms with Gasteiger partial charge in [-0.3, -0.25) is 14.8 Å². The van der Waals surface area contributed by atoms with Crippen LogP contribution >= 0.6 is 0 Å². The number of likely N-dealkylation sites (tertiary alicyclic amines) is 2. The zero-order valence-corrected chi connectivity index (χ0v) is 15.6. The monoisotopic (exact) mass is 370 g/mol. The Balaban J connectivity index is 1.46. The summed E-state index contributed by atoms with van der Waals surface area (Å²) in [5, 5.41) is 17.6. The number of aliphatic hydroxyl groups excluding tert-OH is 1. The molecule has 1 aromatic carbocycles. The summed E-state index contributed by atoms with van der Waals surface area (Å²) in [5.41, 5.74) is 2.03. The van der Waals surface area contributed by atoms with E-state index in [4.69, 9.17) is 4.74 Å². The summed E-state index contributed by atoms with van der Waals surface area (Å²) in [6.45, 7) is 2.95. The molecule has 3 heterocycles. The van der Waals surface area contributed by atoms with E-state index in [0.29, 0.717) is 24.5 Å². The van der Waals surface area contributed by atoms with Crippen molar-refractivity contribution in [1.29, 1.82) is 0 Å². The summed E-state index contributed by atoms with van der Waals surface area (Å²) in [7, 11) is 1.62. The quantitative estimate of drug-likeness (QED) is 0.857. The normalized spacial score (nSPS) is 23.6. The van der Waals surface area contributed by atoms with Crippen molar-refractivity contribution in [3.63, 3.8) is 0 Å². The summed E-state index contributed by atoms with van der Waals surface area (Å²) in [6, 6.07) is 9.38. The SMILES string of the molecule is COc1cccc(-c2cc(C(=O)N3C[C@H](O)[C@@H](N4CCCCC4)C3)[nH]n2)c1. The molecule has 0 radical (unpaired) electrons. The molecule has 0 aliphatic carbocycles. The molecule has 27 heavy (non-hydrogen) atoms. The van der Waals surface area contributed by atoms with Gasteiger partial charge in [0.15, 0.2) is 0 Å². The van der Waals surface area contributed by atoms with Gasteiger partial charge in [0.25, 0.3) is 5.91 Å². The largest absolute Gasteiger partial charge is 0.497 e. The van der Waals surface area contributed by atoms with Gasteiger partial charge in [-0.05, 0) is 44.1 Å². The highest BCUT2D eigenvalue weighted by atomic mass is 16.5. The zero-order valence-electron chi connectivity index (χ0n) is 15.6. The Labute approximate surface area is 158 Å². The first-order chi connectivity index (χ1) is 13.2. The smallest absolute Gasteiger partial charge is 0.272 e. The van der Waals surface area contributed by atoms with E-state index in [9.17, 15) is 9.90 Å². The highest BCUT2D eigenvalue weighted by Crippen LogP contribution is 2.25. The van der Waals surface area contributed by atoms with Crippen molar-refractivity contribution in [3.8, 4) is 17.0 Å². The third kappa shape index (κ3) is 3.70. The van der Waals surface area contributed by atoms with E-state index in [-0.39, 0.29) is 11.9 Å². The third-order valence-corrected chi connectivity index (χ3v) is 5.58. The molecule has 1 aromatic heterocycles. The molecule has 2 fully saturated rings. The predicted molar refractivity (Wildman–Crippen MR) is 102 cm³/mol. The van der Waals surface area contributed by atoms with Crippen LogP contribution in [-0.4, -0.2) is 76.4 Å². The number of aliphatic hydroxyl groups is 1. The van der Waals surface area contributed by atoms with Gasteiger partial charge in [-0.2, -0.15) is 5.10 Å². The van der Waals surface area contributed by atoms with E-state index in [1.165, 1.54) is 19.3 Å². The molecule has 4 rings (SSSR count). The number of β-amino-alcohol motifs (C(OH)–C–C–N with tert-alkyl or cyclic N) is 1. The molecule has 144 valence electrons. The summed E-state index contributed by atoms with van der Waals surface area (Å²) < 4.78 is 5.25. The number of benzene rings is 1. The molecule has 2 aliphatic rings. The standard InChI is InChI=1S/C20H26N4O3/c1-27-15-7-5-6-14(10-15)16-11-17(22-21-16)20(26)24-12-18(19(25)13-24)23-8-3-2-4-9-23/h5-7,10-11,18-19,25H,2-4,8-9,12-13H2,1H3,(H,21,22)/t18-,19-/m0/s1. The van der Waals surface area contributed by atoms with Crippen molar-refractivity contribution >= 4 is 5.91 Å². The van der Waals surface area contributed by atoms with Crippen molar-refractivity contribution in [2.45, 2.75) is 31.4 Å². The maximum absolute atomic E-state index is 12.9. The third-order valence-electron chi connectivity index (χ3n) is 5.58. The number of nitrogens with one attached hydrogen (secondary N) is 1. The molecule has 2 saturated heterocycles. The first-order valence-electron chi connectivity index (χ1n) is 9.57. The van der Waals surface area contributed by atoms with E-state index in [1.807, 2.05) is 24.3 Å². The fourth-order valence-corrected chi connectivity index (χ4v) is 4.08. The van der Waals surface area contributed by atoms with Gasteiger partial charge >= 0.3 is 0 Å². The first kappa shape index (κ1) is 18.0. The number of nitrogens with zero attached hydrogens (tertiary/aromatic N) is 3. The molecule has 0 spiro atoms. The van der Waals surface area contributed by atoms with Gasteiger partial charge < -0.3 is 14.7 Å². The lowest BCUT2D eigenvalue weighted by Gasteiger charge is -2.33. The number of H-pyrrole nitrogens is 1. The number of methoxy groups -OCH3 is 1. The molecule has 1 amide bonds. The minimum Gasteiger partial charge on any atom is -0.497 e. The van der Waals surface area contributed by atoms with Crippen molar-refractivity contribution in [2.24, 2.45) is 0 Å². The lowest BCUT2D eigenvalue weighted by molar-refractivity contribution is 0.0702. The number of rotatable bonds is 4. The molecule has 7 heteroatoms. The summed E-state index contributed by atoms with van der Waals surface area (Å²) in [5.74, 6) is 0.630. The maximum Gasteiger partial charge on any atom is 0.272 e. The molecule has 0 unspecified atom stereocenters. The molecule has 7 nitrogen and oxygen atoms in total. The fraction of sp³-hybridized carbons (Fsp3) is 0.500. The van der Waals surface area contributed by atoms with Crippen molar-refractivity contribution in [3.05, 3.63) is 36.0 Å². The van der Waals surface area contributed by atoms with Crippen molar-refractivity contribution in [2.75, 3.05) is 33.3 Å². The second-order valence-electron chi connectivity index (χ2n) is 7.34. The van der Waals surface area contributed by atoms with Crippen molar-refractivity contribution in [1.82, 2.24) is 20.0 Å². The van der Waals surface area contributed by atoms with Crippen LogP contribution in [0.25, 0.3) is 11.3 Å². The molecule has 2 aliphatic heterocycles. The number of amides is 1. The van der Waals surface area contributed by atoms with E-state index in [1.54, 1.807) is 18.1 Å². The predicted octanol–water partition coefficient (Wildman–Crippen LogP) is 1.76. The first-order valence-corrected chi connectivity index (χ1v) is 9.57. The minimum atomic E-state index is -0.493. The number of piperidine rings is 1. The Morgan fingerprint density at radius 2 is 2.04 bits per heavy atom. The van der Waals surface area contributed by atoms with Crippen LogP contribution in [0.2, 0.25) is 0 Å². The van der Waals surface area contributed by atoms with Gasteiger partial charge in [0.2, 0.25) is 0 Å². The molecule has 2 atom stereocenters. The zero-order chi connectivity index (χ0) is 18.8. The molecular weight excluding hydrogens is 344 g/mol. The summed E-state index contributed by atoms with van der Waals surface area (Å²) in [6.07, 6.45) is 3.10. The van der Waals surface area contributed by atoms with Crippen molar-refractivity contribution < 1.29 is 14.6 Å². The van der Waals surface area contributed by atoms with Gasteiger partial charge in [0, 0.05) is 18.7 Å². The Morgan fingerprint density at radius 1 is 1.22 bits per heavy atom. The molecular formula is C20H26N4O3. The van der Waals surface area contributed by atoms with Gasteiger partial charge in [-0.25, -0.2) is 0 Å². The Kier molecular flexibility index (Phi) is 5.13. The van der Waals surface area contributed by atoms with Crippen LogP contribution in [0.4, 0.5) is 0 Å². The van der Waals surface area contributed by atoms with Crippen LogP contribution in [0, 0.1) is 0 Å². The van der Waals surface area contributed by atoms with Crippen LogP contribution in [-0.2, 0) is 0 Å². The lowest BCUT2D eigenvalue weighted by Crippen LogP contribution is -2.46. The summed E-state index contributed by atoms with van der Waals surface area (Å²) >= 11 is 0. The average Bonchev–Trinajstić information content (AvgIpc) is 3.35. The van der Waals surface area contributed by atoms with Crippen LogP contribution < -0.4 is 4.74 Å². The second kappa shape index (κ2) is 7.70. The van der Waals surface area contributed by atoms with Gasteiger partial charge in [-0.1, -0.05) is 18.6 Å².